The van der Waals surface area contributed by atoms with Crippen LogP contribution in [-0.2, 0) is 4.74 Å². The average molecular weight is 259 g/mol. The summed E-state index contributed by atoms with van der Waals surface area (Å²) in [6.07, 6.45) is -1.00. The number of amides is 1. The van der Waals surface area contributed by atoms with Crippen LogP contribution < -0.4 is 5.32 Å². The second-order valence-corrected chi connectivity index (χ2v) is 2.61. The van der Waals surface area contributed by atoms with Crippen LogP contribution in [-0.4, -0.2) is 35.4 Å². The summed E-state index contributed by atoms with van der Waals surface area (Å²) in [6.45, 7) is 1.50. The van der Waals surface area contributed by atoms with Crippen LogP contribution in [0.1, 0.15) is 0 Å². The molecule has 0 radical (unpaired) electrons. The lowest BCUT2D eigenvalue weighted by Crippen LogP contribution is -2.25. The Labute approximate surface area is 73.1 Å². The van der Waals surface area contributed by atoms with E-state index in [-0.39, 0.29) is 0 Å². The highest BCUT2D eigenvalue weighted by atomic mass is 127. The molecule has 0 aliphatic rings. The average Bonchev–Trinajstić information content (AvgIpc) is 1.87. The minimum atomic E-state index is -1.00. The number of nitrogens with one attached hydrogen (secondary N) is 1. The van der Waals surface area contributed by atoms with Gasteiger partial charge in [0.1, 0.15) is 0 Å². The molecule has 0 saturated carbocycles. The van der Waals surface area contributed by atoms with Crippen molar-refractivity contribution in [1.82, 2.24) is 5.32 Å². The summed E-state index contributed by atoms with van der Waals surface area (Å²) in [5.74, 6) is 0. The van der Waals surface area contributed by atoms with Gasteiger partial charge in [0.25, 0.3) is 0 Å². The Morgan fingerprint density at radius 1 is 1.60 bits per heavy atom. The number of hydrogen-bond donors (Lipinski definition) is 2. The Morgan fingerprint density at radius 2 is 2.30 bits per heavy atom. The zero-order valence-electron chi connectivity index (χ0n) is 5.47. The summed E-state index contributed by atoms with van der Waals surface area (Å²) in [5, 5.41) is 10.3. The van der Waals surface area contributed by atoms with Crippen LogP contribution in [0.5, 0.6) is 0 Å². The Kier molecular flexibility index (Phi) is 7.04. The van der Waals surface area contributed by atoms with Crippen LogP contribution in [0.15, 0.2) is 0 Å². The molecular formula is C5H10INO3. The van der Waals surface area contributed by atoms with E-state index >= 15 is 0 Å². The topological polar surface area (TPSA) is 58.6 Å². The molecule has 0 spiro atoms. The third-order valence-electron chi connectivity index (χ3n) is 0.744. The van der Waals surface area contributed by atoms with Gasteiger partial charge in [-0.05, 0) is 0 Å². The highest BCUT2D eigenvalue weighted by Crippen LogP contribution is 1.81. The largest absolute Gasteiger partial charge is 0.465 e. The molecule has 0 aliphatic heterocycles. The number of rotatable bonds is 5. The molecule has 0 aromatic heterocycles. The first-order chi connectivity index (χ1) is 4.77. The van der Waals surface area contributed by atoms with Crippen LogP contribution in [0.2, 0.25) is 0 Å². The van der Waals surface area contributed by atoms with Gasteiger partial charge >= 0.3 is 6.09 Å². The smallest absolute Gasteiger partial charge is 0.404 e. The highest BCUT2D eigenvalue weighted by molar-refractivity contribution is 14.1. The maximum atomic E-state index is 9.86. The minimum absolute atomic E-state index is 0.367. The van der Waals surface area contributed by atoms with Gasteiger partial charge in [-0.3, -0.25) is 0 Å². The molecule has 0 aliphatic carbocycles. The second kappa shape index (κ2) is 7.07. The van der Waals surface area contributed by atoms with Gasteiger partial charge in [0.05, 0.1) is 13.2 Å². The van der Waals surface area contributed by atoms with E-state index in [1.807, 2.05) is 0 Å². The molecule has 0 bridgehead atoms. The van der Waals surface area contributed by atoms with Crippen molar-refractivity contribution in [3.05, 3.63) is 0 Å². The number of alkyl halides is 1. The molecule has 10 heavy (non-hydrogen) atoms. The van der Waals surface area contributed by atoms with Crippen LogP contribution >= 0.6 is 22.6 Å². The van der Waals surface area contributed by atoms with Crippen LogP contribution in [0.25, 0.3) is 0 Å². The molecule has 0 aromatic rings. The van der Waals surface area contributed by atoms with E-state index in [2.05, 4.69) is 27.9 Å². The quantitative estimate of drug-likeness (QED) is 0.434. The van der Waals surface area contributed by atoms with E-state index < -0.39 is 6.09 Å². The maximum absolute atomic E-state index is 9.86. The molecule has 0 atom stereocenters. The Hall–Kier alpha value is -0.0400. The van der Waals surface area contributed by atoms with Gasteiger partial charge in [-0.1, -0.05) is 22.6 Å². The van der Waals surface area contributed by atoms with E-state index in [4.69, 9.17) is 9.84 Å². The molecule has 5 heteroatoms. The molecule has 0 saturated heterocycles. The number of halogens is 1. The van der Waals surface area contributed by atoms with Crippen LogP contribution in [0, 0.1) is 0 Å². The summed E-state index contributed by atoms with van der Waals surface area (Å²) >= 11 is 2.19. The van der Waals surface area contributed by atoms with Crippen molar-refractivity contribution in [3.63, 3.8) is 0 Å². The van der Waals surface area contributed by atoms with Gasteiger partial charge in [0.2, 0.25) is 0 Å². The van der Waals surface area contributed by atoms with Gasteiger partial charge in [-0.15, -0.1) is 0 Å². The molecule has 0 heterocycles. The Balaban J connectivity index is 2.84. The Morgan fingerprint density at radius 3 is 2.80 bits per heavy atom. The monoisotopic (exact) mass is 259 g/mol. The molecule has 0 aromatic carbocycles. The summed E-state index contributed by atoms with van der Waals surface area (Å²) in [4.78, 5) is 9.86. The lowest BCUT2D eigenvalue weighted by molar-refractivity contribution is 0.147. The van der Waals surface area contributed by atoms with Gasteiger partial charge in [-0.2, -0.15) is 0 Å². The first kappa shape index (κ1) is 9.96. The number of hydrogen-bond acceptors (Lipinski definition) is 2. The van der Waals surface area contributed by atoms with E-state index in [1.165, 1.54) is 0 Å². The van der Waals surface area contributed by atoms with Crippen molar-refractivity contribution in [1.29, 1.82) is 0 Å². The molecule has 0 fully saturated rings. The minimum Gasteiger partial charge on any atom is -0.465 e. The Bertz CT molecular complexity index is 98.9. The summed E-state index contributed by atoms with van der Waals surface area (Å²) in [6, 6.07) is 0. The lowest BCUT2D eigenvalue weighted by atomic mass is 10.7. The van der Waals surface area contributed by atoms with E-state index in [1.54, 1.807) is 0 Å². The molecule has 0 rings (SSSR count). The first-order valence-corrected chi connectivity index (χ1v) is 4.40. The van der Waals surface area contributed by atoms with Crippen LogP contribution in [0.3, 0.4) is 0 Å². The molecular weight excluding hydrogens is 249 g/mol. The van der Waals surface area contributed by atoms with E-state index in [0.717, 1.165) is 4.43 Å². The fourth-order valence-corrected chi connectivity index (χ4v) is 0.698. The molecule has 2 N–H and O–H groups in total. The van der Waals surface area contributed by atoms with Crippen LogP contribution in [0.4, 0.5) is 4.79 Å². The SMILES string of the molecule is O=C(O)NCCOCCI. The normalized spacial score (nSPS) is 9.30. The molecule has 0 unspecified atom stereocenters. The second-order valence-electron chi connectivity index (χ2n) is 1.53. The van der Waals surface area contributed by atoms with Crippen molar-refractivity contribution in [2.75, 3.05) is 24.2 Å². The summed E-state index contributed by atoms with van der Waals surface area (Å²) < 4.78 is 5.94. The van der Waals surface area contributed by atoms with Gasteiger partial charge in [-0.25, -0.2) is 4.79 Å². The van der Waals surface area contributed by atoms with Crippen molar-refractivity contribution in [2.24, 2.45) is 0 Å². The zero-order chi connectivity index (χ0) is 7.82. The van der Waals surface area contributed by atoms with E-state index in [0.29, 0.717) is 19.8 Å². The van der Waals surface area contributed by atoms with Crippen molar-refractivity contribution in [2.45, 2.75) is 0 Å². The maximum Gasteiger partial charge on any atom is 0.404 e. The molecule has 4 nitrogen and oxygen atoms in total. The highest BCUT2D eigenvalue weighted by Gasteiger charge is 1.91. The zero-order valence-corrected chi connectivity index (χ0v) is 7.63. The van der Waals surface area contributed by atoms with Gasteiger partial charge < -0.3 is 15.2 Å². The van der Waals surface area contributed by atoms with E-state index in [9.17, 15) is 4.79 Å². The number of carboxylic acid groups (broad SMARTS) is 1. The fraction of sp³-hybridized carbons (Fsp3) is 0.800. The van der Waals surface area contributed by atoms with Crippen molar-refractivity contribution >= 4 is 28.7 Å². The number of carbonyl (C=O) groups is 1. The van der Waals surface area contributed by atoms with Crippen molar-refractivity contribution < 1.29 is 14.6 Å². The summed E-state index contributed by atoms with van der Waals surface area (Å²) in [7, 11) is 0. The predicted octanol–water partition coefficient (Wildman–Crippen LogP) is 0.706. The number of ether oxygens (including phenoxy) is 1. The molecule has 1 amide bonds. The predicted molar refractivity (Wildman–Crippen MR) is 45.7 cm³/mol. The third-order valence-corrected chi connectivity index (χ3v) is 1.18. The molecule has 60 valence electrons. The van der Waals surface area contributed by atoms with Crippen molar-refractivity contribution in [3.8, 4) is 0 Å². The van der Waals surface area contributed by atoms with Gasteiger partial charge in [0, 0.05) is 11.0 Å². The van der Waals surface area contributed by atoms with Gasteiger partial charge in [0.15, 0.2) is 0 Å². The first-order valence-electron chi connectivity index (χ1n) is 2.88. The standard InChI is InChI=1S/C5H10INO3/c6-1-3-10-4-2-7-5(8)9/h7H,1-4H2,(H,8,9). The summed E-state index contributed by atoms with van der Waals surface area (Å²) in [5.41, 5.74) is 0. The fourth-order valence-electron chi connectivity index (χ4n) is 0.387. The third kappa shape index (κ3) is 7.96. The lowest BCUT2D eigenvalue weighted by Gasteiger charge is -2.00.